The van der Waals surface area contributed by atoms with E-state index in [2.05, 4.69) is 89.3 Å². The van der Waals surface area contributed by atoms with Crippen molar-refractivity contribution >= 4 is 54.9 Å². The number of halogens is 1. The van der Waals surface area contributed by atoms with Crippen LogP contribution in [0.15, 0.2) is 66.7 Å². The molecule has 0 aromatic heterocycles. The Hall–Kier alpha value is -1.61. The van der Waals surface area contributed by atoms with E-state index >= 15 is 0 Å². The highest BCUT2D eigenvalue weighted by Gasteiger charge is 2.07. The van der Waals surface area contributed by atoms with Gasteiger partial charge < -0.3 is 0 Å². The SMILES string of the molecule is Ic1c2ccccc2cc2ccc3ccccc3c12. The molecule has 0 heterocycles. The predicted molar refractivity (Wildman–Crippen MR) is 91.7 cm³/mol. The van der Waals surface area contributed by atoms with Gasteiger partial charge in [-0.15, -0.1) is 0 Å². The molecule has 0 amide bonds. The van der Waals surface area contributed by atoms with Crippen molar-refractivity contribution in [2.45, 2.75) is 0 Å². The highest BCUT2D eigenvalue weighted by molar-refractivity contribution is 14.1. The van der Waals surface area contributed by atoms with E-state index in [-0.39, 0.29) is 0 Å². The van der Waals surface area contributed by atoms with Gasteiger partial charge in [-0.05, 0) is 55.6 Å². The third-order valence-electron chi connectivity index (χ3n) is 3.69. The standard InChI is InChI=1S/C18H11I/c19-18-16-8-4-2-6-13(16)11-14-10-9-12-5-1-3-7-15(12)17(14)18/h1-11H. The van der Waals surface area contributed by atoms with Crippen LogP contribution < -0.4 is 0 Å². The van der Waals surface area contributed by atoms with E-state index in [1.807, 2.05) is 0 Å². The molecule has 4 aromatic carbocycles. The van der Waals surface area contributed by atoms with Gasteiger partial charge in [-0.2, -0.15) is 0 Å². The van der Waals surface area contributed by atoms with E-state index < -0.39 is 0 Å². The third-order valence-corrected chi connectivity index (χ3v) is 4.81. The minimum absolute atomic E-state index is 1.31. The minimum Gasteiger partial charge on any atom is -0.0616 e. The molecule has 90 valence electrons. The predicted octanol–water partition coefficient (Wildman–Crippen LogP) is 5.75. The lowest BCUT2D eigenvalue weighted by Crippen LogP contribution is -1.84. The van der Waals surface area contributed by atoms with Crippen molar-refractivity contribution in [1.29, 1.82) is 0 Å². The molecule has 0 spiro atoms. The fourth-order valence-corrected chi connectivity index (χ4v) is 3.87. The van der Waals surface area contributed by atoms with E-state index in [4.69, 9.17) is 0 Å². The first-order valence-corrected chi connectivity index (χ1v) is 7.41. The number of hydrogen-bond donors (Lipinski definition) is 0. The lowest BCUT2D eigenvalue weighted by molar-refractivity contribution is 1.75. The highest BCUT2D eigenvalue weighted by atomic mass is 127. The molecule has 0 unspecified atom stereocenters. The largest absolute Gasteiger partial charge is 0.0616 e. The van der Waals surface area contributed by atoms with Crippen LogP contribution >= 0.6 is 22.6 Å². The van der Waals surface area contributed by atoms with Crippen LogP contribution in [-0.4, -0.2) is 0 Å². The Bertz CT molecular complexity index is 922. The summed E-state index contributed by atoms with van der Waals surface area (Å²) < 4.78 is 1.35. The van der Waals surface area contributed by atoms with Gasteiger partial charge in [0, 0.05) is 8.96 Å². The van der Waals surface area contributed by atoms with Crippen LogP contribution in [0.2, 0.25) is 0 Å². The van der Waals surface area contributed by atoms with Crippen molar-refractivity contribution in [1.82, 2.24) is 0 Å². The normalized spacial score (nSPS) is 11.4. The van der Waals surface area contributed by atoms with Gasteiger partial charge in [-0.3, -0.25) is 0 Å². The second kappa shape index (κ2) is 4.20. The molecule has 0 saturated heterocycles. The molecule has 0 saturated carbocycles. The number of fused-ring (bicyclic) bond motifs is 4. The molecule has 4 aromatic rings. The first kappa shape index (κ1) is 11.2. The first-order chi connectivity index (χ1) is 9.34. The molecule has 0 bridgehead atoms. The molecule has 0 aliphatic rings. The zero-order chi connectivity index (χ0) is 12.8. The summed E-state index contributed by atoms with van der Waals surface area (Å²) in [6.45, 7) is 0. The van der Waals surface area contributed by atoms with E-state index in [0.29, 0.717) is 0 Å². The lowest BCUT2D eigenvalue weighted by Gasteiger charge is -2.09. The van der Waals surface area contributed by atoms with E-state index in [1.54, 1.807) is 0 Å². The van der Waals surface area contributed by atoms with Crippen LogP contribution in [0.4, 0.5) is 0 Å². The maximum atomic E-state index is 2.48. The fraction of sp³-hybridized carbons (Fsp3) is 0. The average Bonchev–Trinajstić information content (AvgIpc) is 2.47. The van der Waals surface area contributed by atoms with Crippen molar-refractivity contribution in [3.63, 3.8) is 0 Å². The van der Waals surface area contributed by atoms with Gasteiger partial charge >= 0.3 is 0 Å². The zero-order valence-corrected chi connectivity index (χ0v) is 12.4. The molecule has 0 atom stereocenters. The van der Waals surface area contributed by atoms with Gasteiger partial charge in [0.2, 0.25) is 0 Å². The maximum absolute atomic E-state index is 2.48. The average molecular weight is 354 g/mol. The molecule has 0 radical (unpaired) electrons. The van der Waals surface area contributed by atoms with E-state index in [0.717, 1.165) is 0 Å². The Kier molecular flexibility index (Phi) is 2.49. The minimum atomic E-state index is 1.31. The lowest BCUT2D eigenvalue weighted by atomic mass is 9.98. The molecule has 0 nitrogen and oxygen atoms in total. The molecular formula is C18H11I. The van der Waals surface area contributed by atoms with Gasteiger partial charge in [-0.25, -0.2) is 0 Å². The summed E-state index contributed by atoms with van der Waals surface area (Å²) in [6.07, 6.45) is 0. The first-order valence-electron chi connectivity index (χ1n) is 6.33. The second-order valence-corrected chi connectivity index (χ2v) is 5.88. The summed E-state index contributed by atoms with van der Waals surface area (Å²) in [5, 5.41) is 8.00. The fourth-order valence-electron chi connectivity index (χ4n) is 2.78. The summed E-state index contributed by atoms with van der Waals surface area (Å²) in [6, 6.07) is 24.0. The summed E-state index contributed by atoms with van der Waals surface area (Å²) in [5.41, 5.74) is 0. The second-order valence-electron chi connectivity index (χ2n) is 4.80. The topological polar surface area (TPSA) is 0 Å². The number of rotatable bonds is 0. The molecular weight excluding hydrogens is 343 g/mol. The highest BCUT2D eigenvalue weighted by Crippen LogP contribution is 2.34. The van der Waals surface area contributed by atoms with Gasteiger partial charge in [0.1, 0.15) is 0 Å². The van der Waals surface area contributed by atoms with Gasteiger partial charge in [0.25, 0.3) is 0 Å². The zero-order valence-electron chi connectivity index (χ0n) is 10.2. The van der Waals surface area contributed by atoms with Gasteiger partial charge in [-0.1, -0.05) is 60.7 Å². The Morgan fingerprint density at radius 3 is 2.05 bits per heavy atom. The monoisotopic (exact) mass is 354 g/mol. The summed E-state index contributed by atoms with van der Waals surface area (Å²) in [4.78, 5) is 0. The molecule has 19 heavy (non-hydrogen) atoms. The smallest absolute Gasteiger partial charge is 0.0293 e. The Labute approximate surface area is 125 Å². The van der Waals surface area contributed by atoms with Crippen molar-refractivity contribution in [2.75, 3.05) is 0 Å². The van der Waals surface area contributed by atoms with Gasteiger partial charge in [0.15, 0.2) is 0 Å². The summed E-state index contributed by atoms with van der Waals surface area (Å²) in [7, 11) is 0. The van der Waals surface area contributed by atoms with E-state index in [9.17, 15) is 0 Å². The van der Waals surface area contributed by atoms with Crippen LogP contribution in [0.5, 0.6) is 0 Å². The molecule has 0 aliphatic heterocycles. The number of hydrogen-bond acceptors (Lipinski definition) is 0. The molecule has 1 heteroatoms. The Morgan fingerprint density at radius 1 is 0.579 bits per heavy atom. The Balaban J connectivity index is 2.33. The van der Waals surface area contributed by atoms with Crippen LogP contribution in [0.25, 0.3) is 32.3 Å². The van der Waals surface area contributed by atoms with Crippen LogP contribution in [0.1, 0.15) is 0 Å². The summed E-state index contributed by atoms with van der Waals surface area (Å²) in [5.74, 6) is 0. The Morgan fingerprint density at radius 2 is 1.21 bits per heavy atom. The summed E-state index contributed by atoms with van der Waals surface area (Å²) >= 11 is 2.48. The molecule has 0 fully saturated rings. The molecule has 4 rings (SSSR count). The number of benzene rings is 4. The molecule has 0 aliphatic carbocycles. The van der Waals surface area contributed by atoms with Crippen LogP contribution in [0.3, 0.4) is 0 Å². The maximum Gasteiger partial charge on any atom is 0.0293 e. The van der Waals surface area contributed by atoms with Crippen LogP contribution in [0, 0.1) is 3.57 Å². The van der Waals surface area contributed by atoms with Crippen LogP contribution in [-0.2, 0) is 0 Å². The van der Waals surface area contributed by atoms with Crippen molar-refractivity contribution in [3.8, 4) is 0 Å². The van der Waals surface area contributed by atoms with E-state index in [1.165, 1.54) is 35.9 Å². The van der Waals surface area contributed by atoms with Crippen molar-refractivity contribution < 1.29 is 0 Å². The quantitative estimate of drug-likeness (QED) is 0.214. The van der Waals surface area contributed by atoms with Gasteiger partial charge in [0.05, 0.1) is 0 Å². The molecule has 0 N–H and O–H groups in total. The third kappa shape index (κ3) is 1.65. The van der Waals surface area contributed by atoms with Crippen molar-refractivity contribution in [3.05, 3.63) is 70.3 Å². The van der Waals surface area contributed by atoms with Crippen molar-refractivity contribution in [2.24, 2.45) is 0 Å².